The van der Waals surface area contributed by atoms with E-state index >= 15 is 0 Å². The number of benzene rings is 2. The van der Waals surface area contributed by atoms with Crippen LogP contribution in [0.4, 0.5) is 16.3 Å². The van der Waals surface area contributed by atoms with Crippen LogP contribution >= 0.6 is 11.6 Å². The molecule has 2 N–H and O–H groups in total. The van der Waals surface area contributed by atoms with Crippen molar-refractivity contribution in [2.45, 2.75) is 52.9 Å². The number of urea groups is 1. The van der Waals surface area contributed by atoms with E-state index in [1.807, 2.05) is 50.2 Å². The number of aromatic nitrogens is 2. The van der Waals surface area contributed by atoms with Gasteiger partial charge in [0, 0.05) is 28.7 Å². The highest BCUT2D eigenvalue weighted by molar-refractivity contribution is 6.31. The Morgan fingerprint density at radius 3 is 2.38 bits per heavy atom. The van der Waals surface area contributed by atoms with Gasteiger partial charge < -0.3 is 20.3 Å². The van der Waals surface area contributed by atoms with Crippen LogP contribution in [0.5, 0.6) is 5.75 Å². The fourth-order valence-corrected chi connectivity index (χ4v) is 3.77. The number of nitrogens with zero attached hydrogens (tertiary/aromatic N) is 3. The van der Waals surface area contributed by atoms with Crippen LogP contribution in [0.1, 0.15) is 51.8 Å². The minimum absolute atomic E-state index is 0.107. The molecule has 8 nitrogen and oxygen atoms in total. The van der Waals surface area contributed by atoms with E-state index in [1.165, 1.54) is 4.90 Å². The lowest BCUT2D eigenvalue weighted by molar-refractivity contribution is -0.116. The van der Waals surface area contributed by atoms with E-state index in [4.69, 9.17) is 21.4 Å². The number of aryl methyl sites for hydroxylation is 1. The smallest absolute Gasteiger partial charge is 0.322 e. The van der Waals surface area contributed by atoms with Gasteiger partial charge in [0.25, 0.3) is 0 Å². The van der Waals surface area contributed by atoms with Crippen LogP contribution in [0, 0.1) is 6.92 Å². The van der Waals surface area contributed by atoms with Crippen LogP contribution in [-0.4, -0.2) is 46.8 Å². The van der Waals surface area contributed by atoms with E-state index in [0.29, 0.717) is 23.1 Å². The molecule has 0 saturated carbocycles. The summed E-state index contributed by atoms with van der Waals surface area (Å²) in [6.45, 7) is 10.5. The van der Waals surface area contributed by atoms with Gasteiger partial charge in [0.15, 0.2) is 0 Å². The first-order chi connectivity index (χ1) is 17.5. The predicted molar refractivity (Wildman–Crippen MR) is 149 cm³/mol. The van der Waals surface area contributed by atoms with Crippen molar-refractivity contribution in [2.75, 3.05) is 30.8 Å². The molecule has 3 rings (SSSR count). The highest BCUT2D eigenvalue weighted by Crippen LogP contribution is 2.27. The summed E-state index contributed by atoms with van der Waals surface area (Å²) in [7, 11) is 1.61. The Morgan fingerprint density at radius 2 is 1.78 bits per heavy atom. The molecule has 0 aliphatic rings. The number of nitrogens with one attached hydrogen (secondary N) is 2. The van der Waals surface area contributed by atoms with Crippen molar-refractivity contribution in [1.29, 1.82) is 0 Å². The molecule has 0 aliphatic carbocycles. The van der Waals surface area contributed by atoms with E-state index in [2.05, 4.69) is 31.4 Å². The molecule has 0 spiro atoms. The Hall–Kier alpha value is -3.52. The number of carbonyl (C=O) groups is 2. The Morgan fingerprint density at radius 1 is 1.08 bits per heavy atom. The number of halogens is 1. The number of methoxy groups -OCH3 is 1. The van der Waals surface area contributed by atoms with E-state index < -0.39 is 0 Å². The maximum absolute atomic E-state index is 13.2. The highest BCUT2D eigenvalue weighted by atomic mass is 35.5. The van der Waals surface area contributed by atoms with Crippen molar-refractivity contribution in [3.63, 3.8) is 0 Å². The van der Waals surface area contributed by atoms with Crippen molar-refractivity contribution < 1.29 is 14.3 Å². The van der Waals surface area contributed by atoms with Crippen molar-refractivity contribution in [1.82, 2.24) is 14.7 Å². The average molecular weight is 526 g/mol. The molecule has 0 bridgehead atoms. The Balaban J connectivity index is 1.80. The second kappa shape index (κ2) is 12.1. The van der Waals surface area contributed by atoms with Crippen LogP contribution < -0.4 is 15.4 Å². The number of amides is 3. The molecule has 37 heavy (non-hydrogen) atoms. The zero-order chi connectivity index (χ0) is 27.2. The maximum atomic E-state index is 13.2. The van der Waals surface area contributed by atoms with E-state index in [0.717, 1.165) is 35.5 Å². The summed E-state index contributed by atoms with van der Waals surface area (Å²) in [6.07, 6.45) is 1.66. The topological polar surface area (TPSA) is 88.5 Å². The summed E-state index contributed by atoms with van der Waals surface area (Å²) in [6, 6.07) is 14.3. The fraction of sp³-hybridized carbons (Fsp3) is 0.393. The quantitative estimate of drug-likeness (QED) is 0.337. The van der Waals surface area contributed by atoms with Crippen molar-refractivity contribution >= 4 is 35.0 Å². The number of carbonyl (C=O) groups excluding carboxylic acids is 2. The predicted octanol–water partition coefficient (Wildman–Crippen LogP) is 6.41. The minimum atomic E-state index is -0.359. The summed E-state index contributed by atoms with van der Waals surface area (Å²) < 4.78 is 6.96. The minimum Gasteiger partial charge on any atom is -0.497 e. The molecule has 0 unspecified atom stereocenters. The van der Waals surface area contributed by atoms with Crippen LogP contribution in [0.3, 0.4) is 0 Å². The number of unbranched alkanes of at least 4 members (excludes halogenated alkanes) is 1. The molecule has 1 heterocycles. The van der Waals surface area contributed by atoms with Gasteiger partial charge in [-0.15, -0.1) is 0 Å². The van der Waals surface area contributed by atoms with Crippen LogP contribution in [-0.2, 0) is 10.2 Å². The molecule has 1 aromatic heterocycles. The molecule has 0 atom stereocenters. The number of rotatable bonds is 9. The van der Waals surface area contributed by atoms with Gasteiger partial charge in [0.05, 0.1) is 18.5 Å². The third kappa shape index (κ3) is 7.49. The van der Waals surface area contributed by atoms with E-state index in [1.54, 1.807) is 23.9 Å². The third-order valence-corrected chi connectivity index (χ3v) is 6.30. The van der Waals surface area contributed by atoms with Gasteiger partial charge in [-0.2, -0.15) is 5.10 Å². The summed E-state index contributed by atoms with van der Waals surface area (Å²) in [5.74, 6) is 0.939. The zero-order valence-electron chi connectivity index (χ0n) is 22.4. The standard InChI is InChI=1S/C28H36ClN5O3/c1-7-8-15-33(27(36)30-20-10-9-19(2)23(29)16-20)18-26(35)31-25-17-24(28(3,4)5)32-34(25)21-11-13-22(37-6)14-12-21/h9-14,16-17H,7-8,15,18H2,1-6H3,(H,30,36)(H,31,35). The molecular weight excluding hydrogens is 490 g/mol. The average Bonchev–Trinajstić information content (AvgIpc) is 3.28. The first-order valence-electron chi connectivity index (χ1n) is 12.4. The lowest BCUT2D eigenvalue weighted by Crippen LogP contribution is -2.41. The second-order valence-corrected chi connectivity index (χ2v) is 10.4. The van der Waals surface area contributed by atoms with Crippen LogP contribution in [0.2, 0.25) is 5.02 Å². The maximum Gasteiger partial charge on any atom is 0.322 e. The van der Waals surface area contributed by atoms with Crippen molar-refractivity contribution in [3.05, 3.63) is 64.8 Å². The Bertz CT molecular complexity index is 1230. The second-order valence-electron chi connectivity index (χ2n) is 9.99. The summed E-state index contributed by atoms with van der Waals surface area (Å²) in [4.78, 5) is 27.7. The number of anilines is 2. The lowest BCUT2D eigenvalue weighted by Gasteiger charge is -2.23. The van der Waals surface area contributed by atoms with Gasteiger partial charge in [-0.1, -0.05) is 51.8 Å². The molecule has 3 aromatic rings. The fourth-order valence-electron chi connectivity index (χ4n) is 3.59. The molecular formula is C28H36ClN5O3. The first kappa shape index (κ1) is 28.1. The van der Waals surface area contributed by atoms with Crippen molar-refractivity contribution in [3.8, 4) is 11.4 Å². The molecule has 9 heteroatoms. The largest absolute Gasteiger partial charge is 0.497 e. The number of hydrogen-bond donors (Lipinski definition) is 2. The number of hydrogen-bond acceptors (Lipinski definition) is 4. The monoisotopic (exact) mass is 525 g/mol. The number of ether oxygens (including phenoxy) is 1. The SMILES string of the molecule is CCCCN(CC(=O)Nc1cc(C(C)(C)C)nn1-c1ccc(OC)cc1)C(=O)Nc1ccc(C)c(Cl)c1. The van der Waals surface area contributed by atoms with Gasteiger partial charge in [0.2, 0.25) is 5.91 Å². The molecule has 3 amide bonds. The van der Waals surface area contributed by atoms with Gasteiger partial charge >= 0.3 is 6.03 Å². The van der Waals surface area contributed by atoms with Crippen LogP contribution in [0.15, 0.2) is 48.5 Å². The van der Waals surface area contributed by atoms with Gasteiger partial charge in [0.1, 0.15) is 18.1 Å². The van der Waals surface area contributed by atoms with Gasteiger partial charge in [-0.3, -0.25) is 4.79 Å². The van der Waals surface area contributed by atoms with Gasteiger partial charge in [-0.25, -0.2) is 9.48 Å². The van der Waals surface area contributed by atoms with Crippen molar-refractivity contribution in [2.24, 2.45) is 0 Å². The Labute approximate surface area is 223 Å². The van der Waals surface area contributed by atoms with Gasteiger partial charge in [-0.05, 0) is 55.3 Å². The van der Waals surface area contributed by atoms with E-state index in [9.17, 15) is 9.59 Å². The molecule has 0 aliphatic heterocycles. The summed E-state index contributed by atoms with van der Waals surface area (Å²) >= 11 is 6.21. The Kier molecular flexibility index (Phi) is 9.21. The molecule has 2 aromatic carbocycles. The zero-order valence-corrected chi connectivity index (χ0v) is 23.1. The molecule has 0 saturated heterocycles. The molecule has 198 valence electrons. The summed E-state index contributed by atoms with van der Waals surface area (Å²) in [5.41, 5.74) is 2.89. The highest BCUT2D eigenvalue weighted by Gasteiger charge is 2.23. The van der Waals surface area contributed by atoms with Crippen LogP contribution in [0.25, 0.3) is 5.69 Å². The molecule has 0 radical (unpaired) electrons. The molecule has 0 fully saturated rings. The lowest BCUT2D eigenvalue weighted by atomic mass is 9.92. The normalized spacial score (nSPS) is 11.2. The summed E-state index contributed by atoms with van der Waals surface area (Å²) in [5, 5.41) is 11.1. The third-order valence-electron chi connectivity index (χ3n) is 5.89. The first-order valence-corrected chi connectivity index (χ1v) is 12.8. The van der Waals surface area contributed by atoms with E-state index in [-0.39, 0.29) is 23.9 Å².